The molecule has 0 aliphatic heterocycles. The number of allylic oxidation sites excluding steroid dienone is 1. The van der Waals surface area contributed by atoms with Crippen molar-refractivity contribution in [2.75, 3.05) is 13.1 Å². The molecule has 0 aromatic carbocycles. The molecular formula is C8H14F3N. The molecule has 1 N–H and O–H groups in total. The van der Waals surface area contributed by atoms with Crippen LogP contribution in [0.5, 0.6) is 0 Å². The third-order valence-electron chi connectivity index (χ3n) is 1.31. The fourth-order valence-corrected chi connectivity index (χ4v) is 0.707. The zero-order chi connectivity index (χ0) is 9.45. The van der Waals surface area contributed by atoms with Gasteiger partial charge in [-0.1, -0.05) is 12.2 Å². The quantitative estimate of drug-likeness (QED) is 0.507. The van der Waals surface area contributed by atoms with Gasteiger partial charge in [0.1, 0.15) is 0 Å². The van der Waals surface area contributed by atoms with Crippen molar-refractivity contribution in [1.29, 1.82) is 0 Å². The van der Waals surface area contributed by atoms with Crippen molar-refractivity contribution in [1.82, 2.24) is 5.32 Å². The number of alkyl halides is 3. The second-order valence-electron chi connectivity index (χ2n) is 2.47. The van der Waals surface area contributed by atoms with Gasteiger partial charge in [0.05, 0.1) is 6.42 Å². The van der Waals surface area contributed by atoms with E-state index in [2.05, 4.69) is 5.32 Å². The highest BCUT2D eigenvalue weighted by Gasteiger charge is 2.25. The first-order valence-corrected chi connectivity index (χ1v) is 3.95. The Morgan fingerprint density at radius 2 is 1.92 bits per heavy atom. The van der Waals surface area contributed by atoms with E-state index >= 15 is 0 Å². The molecule has 1 nitrogen and oxygen atoms in total. The summed E-state index contributed by atoms with van der Waals surface area (Å²) in [6.07, 6.45) is -0.198. The summed E-state index contributed by atoms with van der Waals surface area (Å²) in [5, 5.41) is 2.71. The van der Waals surface area contributed by atoms with Gasteiger partial charge in [0.25, 0.3) is 0 Å². The zero-order valence-electron chi connectivity index (χ0n) is 7.12. The highest BCUT2D eigenvalue weighted by molar-refractivity contribution is 4.77. The summed E-state index contributed by atoms with van der Waals surface area (Å²) in [4.78, 5) is 0. The molecular weight excluding hydrogens is 167 g/mol. The molecule has 4 heteroatoms. The van der Waals surface area contributed by atoms with Crippen molar-refractivity contribution in [2.45, 2.75) is 25.9 Å². The smallest absolute Gasteiger partial charge is 0.316 e. The lowest BCUT2D eigenvalue weighted by molar-refractivity contribution is -0.133. The van der Waals surface area contributed by atoms with Crippen LogP contribution in [-0.2, 0) is 0 Å². The molecule has 0 bridgehead atoms. The number of hydrogen-bond acceptors (Lipinski definition) is 1. The predicted molar refractivity (Wildman–Crippen MR) is 43.0 cm³/mol. The van der Waals surface area contributed by atoms with Crippen LogP contribution in [0.3, 0.4) is 0 Å². The van der Waals surface area contributed by atoms with Crippen LogP contribution in [0.15, 0.2) is 12.2 Å². The minimum atomic E-state index is -4.03. The van der Waals surface area contributed by atoms with Gasteiger partial charge in [-0.3, -0.25) is 0 Å². The molecule has 0 radical (unpaired) electrons. The van der Waals surface area contributed by atoms with Crippen LogP contribution in [0.4, 0.5) is 13.2 Å². The largest absolute Gasteiger partial charge is 0.390 e. The summed E-state index contributed by atoms with van der Waals surface area (Å²) in [5.74, 6) is 0. The lowest BCUT2D eigenvalue weighted by Gasteiger charge is -2.06. The topological polar surface area (TPSA) is 12.0 Å². The van der Waals surface area contributed by atoms with Crippen molar-refractivity contribution >= 4 is 0 Å². The van der Waals surface area contributed by atoms with Gasteiger partial charge in [-0.25, -0.2) is 0 Å². The summed E-state index contributed by atoms with van der Waals surface area (Å²) in [6, 6.07) is 0. The molecule has 0 aromatic rings. The molecule has 0 aliphatic rings. The molecule has 0 atom stereocenters. The van der Waals surface area contributed by atoms with E-state index in [0.717, 1.165) is 6.42 Å². The first-order chi connectivity index (χ1) is 5.56. The Bertz CT molecular complexity index is 129. The zero-order valence-corrected chi connectivity index (χ0v) is 7.12. The molecule has 0 amide bonds. The van der Waals surface area contributed by atoms with E-state index < -0.39 is 12.6 Å². The fraction of sp³-hybridized carbons (Fsp3) is 0.750. The van der Waals surface area contributed by atoms with E-state index in [1.54, 1.807) is 0 Å². The van der Waals surface area contributed by atoms with Crippen molar-refractivity contribution in [2.24, 2.45) is 0 Å². The Morgan fingerprint density at radius 1 is 1.25 bits per heavy atom. The number of nitrogens with one attached hydrogen (secondary N) is 1. The van der Waals surface area contributed by atoms with Crippen LogP contribution < -0.4 is 5.32 Å². The molecule has 0 fully saturated rings. The number of halogens is 3. The summed E-state index contributed by atoms with van der Waals surface area (Å²) < 4.78 is 34.7. The summed E-state index contributed by atoms with van der Waals surface area (Å²) >= 11 is 0. The Kier molecular flexibility index (Phi) is 5.80. The monoisotopic (exact) mass is 181 g/mol. The Hall–Kier alpha value is -0.510. The lowest BCUT2D eigenvalue weighted by Crippen LogP contribution is -2.22. The van der Waals surface area contributed by atoms with E-state index in [9.17, 15) is 13.2 Å². The first kappa shape index (κ1) is 11.5. The molecule has 72 valence electrons. The van der Waals surface area contributed by atoms with Gasteiger partial charge < -0.3 is 5.32 Å². The lowest BCUT2D eigenvalue weighted by atomic mass is 10.3. The standard InChI is InChI=1S/C8H14F3N/c1-2-3-4-6-12-7-5-8(9,10)11/h2-3,12H,4-7H2,1H3/b3-2+. The second kappa shape index (κ2) is 6.06. The minimum absolute atomic E-state index is 0.0149. The predicted octanol–water partition coefficient (Wildman–Crippen LogP) is 2.49. The van der Waals surface area contributed by atoms with E-state index in [0.29, 0.717) is 6.54 Å². The third kappa shape index (κ3) is 9.49. The van der Waals surface area contributed by atoms with Crippen LogP contribution in [0.25, 0.3) is 0 Å². The Morgan fingerprint density at radius 3 is 2.42 bits per heavy atom. The van der Waals surface area contributed by atoms with Gasteiger partial charge in [-0.05, 0) is 19.9 Å². The molecule has 0 rings (SSSR count). The highest BCUT2D eigenvalue weighted by atomic mass is 19.4. The number of rotatable bonds is 5. The van der Waals surface area contributed by atoms with E-state index in [1.807, 2.05) is 19.1 Å². The maximum absolute atomic E-state index is 11.6. The van der Waals surface area contributed by atoms with Gasteiger partial charge in [0.2, 0.25) is 0 Å². The van der Waals surface area contributed by atoms with Crippen molar-refractivity contribution < 1.29 is 13.2 Å². The SMILES string of the molecule is C/C=C/CCNCCC(F)(F)F. The molecule has 0 spiro atoms. The molecule has 0 saturated heterocycles. The Labute approximate surface area is 70.7 Å². The summed E-state index contributed by atoms with van der Waals surface area (Å²) in [5.41, 5.74) is 0. The average molecular weight is 181 g/mol. The number of hydrogen-bond donors (Lipinski definition) is 1. The summed E-state index contributed by atoms with van der Waals surface area (Å²) in [6.45, 7) is 2.51. The maximum Gasteiger partial charge on any atom is 0.390 e. The van der Waals surface area contributed by atoms with Gasteiger partial charge in [0, 0.05) is 6.54 Å². The van der Waals surface area contributed by atoms with Crippen LogP contribution in [0.1, 0.15) is 19.8 Å². The molecule has 0 unspecified atom stereocenters. The van der Waals surface area contributed by atoms with E-state index in [1.165, 1.54) is 0 Å². The van der Waals surface area contributed by atoms with E-state index in [4.69, 9.17) is 0 Å². The van der Waals surface area contributed by atoms with Crippen LogP contribution in [0, 0.1) is 0 Å². The van der Waals surface area contributed by atoms with Gasteiger partial charge in [-0.2, -0.15) is 13.2 Å². The normalized spacial score (nSPS) is 12.7. The summed E-state index contributed by atoms with van der Waals surface area (Å²) in [7, 11) is 0. The third-order valence-corrected chi connectivity index (χ3v) is 1.31. The van der Waals surface area contributed by atoms with Crippen molar-refractivity contribution in [3.05, 3.63) is 12.2 Å². The molecule has 12 heavy (non-hydrogen) atoms. The minimum Gasteiger partial charge on any atom is -0.316 e. The average Bonchev–Trinajstić information content (AvgIpc) is 1.94. The van der Waals surface area contributed by atoms with Gasteiger partial charge in [-0.15, -0.1) is 0 Å². The van der Waals surface area contributed by atoms with Crippen LogP contribution in [-0.4, -0.2) is 19.3 Å². The van der Waals surface area contributed by atoms with Crippen molar-refractivity contribution in [3.63, 3.8) is 0 Å². The van der Waals surface area contributed by atoms with Gasteiger partial charge >= 0.3 is 6.18 Å². The fourth-order valence-electron chi connectivity index (χ4n) is 0.707. The highest BCUT2D eigenvalue weighted by Crippen LogP contribution is 2.17. The van der Waals surface area contributed by atoms with E-state index in [-0.39, 0.29) is 6.54 Å². The molecule has 0 heterocycles. The van der Waals surface area contributed by atoms with Crippen molar-refractivity contribution in [3.8, 4) is 0 Å². The second-order valence-corrected chi connectivity index (χ2v) is 2.47. The molecule has 0 saturated carbocycles. The maximum atomic E-state index is 11.6. The van der Waals surface area contributed by atoms with Crippen LogP contribution in [0.2, 0.25) is 0 Å². The van der Waals surface area contributed by atoms with Crippen LogP contribution >= 0.6 is 0 Å². The molecule has 0 aromatic heterocycles. The Balaban J connectivity index is 3.11. The van der Waals surface area contributed by atoms with Gasteiger partial charge in [0.15, 0.2) is 0 Å². The molecule has 0 aliphatic carbocycles. The first-order valence-electron chi connectivity index (χ1n) is 3.95.